The van der Waals surface area contributed by atoms with Crippen LogP contribution in [0.4, 0.5) is 0 Å². The van der Waals surface area contributed by atoms with Crippen molar-refractivity contribution in [3.8, 4) is 6.07 Å². The monoisotopic (exact) mass is 139 g/mol. The summed E-state index contributed by atoms with van der Waals surface area (Å²) in [7, 11) is 0. The third-order valence-corrected chi connectivity index (χ3v) is 0.978. The zero-order valence-electron chi connectivity index (χ0n) is 5.16. The topological polar surface area (TPSA) is 59.3 Å². The average molecular weight is 139 g/mol. The molecule has 0 spiro atoms. The van der Waals surface area contributed by atoms with Gasteiger partial charge in [-0.2, -0.15) is 5.26 Å². The number of nitriles is 1. The van der Waals surface area contributed by atoms with Crippen molar-refractivity contribution in [3.05, 3.63) is 11.8 Å². The fourth-order valence-electron chi connectivity index (χ4n) is 0.558. The molecule has 4 heteroatoms. The highest BCUT2D eigenvalue weighted by Crippen LogP contribution is 2.07. The van der Waals surface area contributed by atoms with E-state index < -0.39 is 5.97 Å². The first-order valence-corrected chi connectivity index (χ1v) is 2.70. The van der Waals surface area contributed by atoms with E-state index in [9.17, 15) is 4.79 Å². The molecule has 1 heterocycles. The van der Waals surface area contributed by atoms with Gasteiger partial charge in [0.1, 0.15) is 5.76 Å². The molecule has 1 aliphatic rings. The number of carbonyl (C=O) groups is 1. The summed E-state index contributed by atoms with van der Waals surface area (Å²) in [6, 6.07) is 1.86. The van der Waals surface area contributed by atoms with Crippen molar-refractivity contribution in [1.82, 2.24) is 0 Å². The minimum Gasteiger partial charge on any atom is -0.460 e. The Kier molecular flexibility index (Phi) is 1.90. The molecule has 0 atom stereocenters. The average Bonchev–Trinajstić information content (AvgIpc) is 1.88. The number of carbonyl (C=O) groups excluding carboxylic acids is 1. The molecule has 0 aromatic carbocycles. The molecule has 10 heavy (non-hydrogen) atoms. The van der Waals surface area contributed by atoms with Gasteiger partial charge in [0.2, 0.25) is 6.79 Å². The van der Waals surface area contributed by atoms with Crippen LogP contribution in [0.2, 0.25) is 0 Å². The van der Waals surface area contributed by atoms with Crippen molar-refractivity contribution in [2.75, 3.05) is 6.79 Å². The van der Waals surface area contributed by atoms with Crippen molar-refractivity contribution in [3.63, 3.8) is 0 Å². The molecule has 0 saturated carbocycles. The molecule has 4 nitrogen and oxygen atoms in total. The van der Waals surface area contributed by atoms with Gasteiger partial charge < -0.3 is 9.47 Å². The maximum atomic E-state index is 10.5. The Hall–Kier alpha value is -1.50. The third-order valence-electron chi connectivity index (χ3n) is 0.978. The SMILES string of the molecule is N#CCC1=CC(=O)OCO1. The fraction of sp³-hybridized carbons (Fsp3) is 0.333. The van der Waals surface area contributed by atoms with Crippen LogP contribution < -0.4 is 0 Å². The van der Waals surface area contributed by atoms with Crippen LogP contribution in [-0.4, -0.2) is 12.8 Å². The van der Waals surface area contributed by atoms with Gasteiger partial charge in [0.25, 0.3) is 0 Å². The van der Waals surface area contributed by atoms with Gasteiger partial charge in [-0.25, -0.2) is 4.79 Å². The molecule has 0 amide bonds. The Labute approximate surface area is 57.6 Å². The molecule has 1 aliphatic heterocycles. The van der Waals surface area contributed by atoms with Gasteiger partial charge in [-0.1, -0.05) is 0 Å². The lowest BCUT2D eigenvalue weighted by atomic mass is 10.3. The first kappa shape index (κ1) is 6.62. The first-order valence-electron chi connectivity index (χ1n) is 2.70. The summed E-state index contributed by atoms with van der Waals surface area (Å²) in [5.41, 5.74) is 0. The Morgan fingerprint density at radius 3 is 3.10 bits per heavy atom. The molecule has 0 N–H and O–H groups in total. The Morgan fingerprint density at radius 2 is 2.50 bits per heavy atom. The van der Waals surface area contributed by atoms with E-state index in [1.165, 1.54) is 6.08 Å². The van der Waals surface area contributed by atoms with Gasteiger partial charge in [0.05, 0.1) is 18.6 Å². The molecule has 0 fully saturated rings. The lowest BCUT2D eigenvalue weighted by Crippen LogP contribution is -2.12. The normalized spacial score (nSPS) is 16.3. The van der Waals surface area contributed by atoms with Crippen LogP contribution in [-0.2, 0) is 14.3 Å². The van der Waals surface area contributed by atoms with E-state index in [1.54, 1.807) is 0 Å². The van der Waals surface area contributed by atoms with Crippen LogP contribution in [0.5, 0.6) is 0 Å². The number of ether oxygens (including phenoxy) is 2. The van der Waals surface area contributed by atoms with E-state index in [1.807, 2.05) is 6.07 Å². The van der Waals surface area contributed by atoms with Gasteiger partial charge in [0.15, 0.2) is 0 Å². The van der Waals surface area contributed by atoms with Gasteiger partial charge in [-0.05, 0) is 0 Å². The van der Waals surface area contributed by atoms with Crippen LogP contribution in [0.15, 0.2) is 11.8 Å². The van der Waals surface area contributed by atoms with E-state index in [0.717, 1.165) is 0 Å². The molecule has 0 unspecified atom stereocenters. The number of hydrogen-bond donors (Lipinski definition) is 0. The van der Waals surface area contributed by atoms with Gasteiger partial charge in [0, 0.05) is 0 Å². The minimum atomic E-state index is -0.448. The highest BCUT2D eigenvalue weighted by atomic mass is 16.7. The van der Waals surface area contributed by atoms with Crippen molar-refractivity contribution >= 4 is 5.97 Å². The highest BCUT2D eigenvalue weighted by Gasteiger charge is 2.09. The van der Waals surface area contributed by atoms with E-state index >= 15 is 0 Å². The number of rotatable bonds is 1. The largest absolute Gasteiger partial charge is 0.460 e. The summed E-state index contributed by atoms with van der Waals surface area (Å²) in [6.45, 7) is -0.0770. The first-order chi connectivity index (χ1) is 4.83. The quantitative estimate of drug-likeness (QED) is 0.490. The summed E-state index contributed by atoms with van der Waals surface area (Å²) in [6.07, 6.45) is 1.29. The van der Waals surface area contributed by atoms with Crippen LogP contribution in [0.1, 0.15) is 6.42 Å². The molecule has 52 valence electrons. The number of hydrogen-bond acceptors (Lipinski definition) is 4. The zero-order valence-corrected chi connectivity index (χ0v) is 5.16. The summed E-state index contributed by atoms with van der Waals surface area (Å²) in [5.74, 6) is -0.0738. The Bertz CT molecular complexity index is 214. The second kappa shape index (κ2) is 2.87. The van der Waals surface area contributed by atoms with Gasteiger partial charge in [-0.3, -0.25) is 0 Å². The van der Waals surface area contributed by atoms with E-state index in [2.05, 4.69) is 4.74 Å². The molecule has 0 aromatic heterocycles. The van der Waals surface area contributed by atoms with Crippen molar-refractivity contribution < 1.29 is 14.3 Å². The standard InChI is InChI=1S/C6H5NO3/c7-2-1-5-3-6(8)10-4-9-5/h3H,1,4H2. The second-order valence-corrected chi connectivity index (χ2v) is 1.67. The number of cyclic esters (lactones) is 1. The summed E-state index contributed by atoms with van der Waals surface area (Å²) < 4.78 is 9.19. The lowest BCUT2D eigenvalue weighted by molar-refractivity contribution is -0.151. The smallest absolute Gasteiger partial charge is 0.337 e. The fourth-order valence-corrected chi connectivity index (χ4v) is 0.558. The predicted molar refractivity (Wildman–Crippen MR) is 30.4 cm³/mol. The second-order valence-electron chi connectivity index (χ2n) is 1.67. The molecule has 0 radical (unpaired) electrons. The maximum absolute atomic E-state index is 10.5. The molecule has 0 aliphatic carbocycles. The van der Waals surface area contributed by atoms with E-state index in [-0.39, 0.29) is 13.2 Å². The molecule has 1 rings (SSSR count). The van der Waals surface area contributed by atoms with Gasteiger partial charge >= 0.3 is 5.97 Å². The highest BCUT2D eigenvalue weighted by molar-refractivity contribution is 5.82. The molecule has 0 bridgehead atoms. The predicted octanol–water partition coefficient (Wildman–Crippen LogP) is 0.315. The Morgan fingerprint density at radius 1 is 1.70 bits per heavy atom. The number of esters is 1. The van der Waals surface area contributed by atoms with Crippen LogP contribution >= 0.6 is 0 Å². The molecule has 0 aromatic rings. The van der Waals surface area contributed by atoms with Crippen LogP contribution in [0.25, 0.3) is 0 Å². The third kappa shape index (κ3) is 1.49. The summed E-state index contributed by atoms with van der Waals surface area (Å²) in [4.78, 5) is 10.5. The van der Waals surface area contributed by atoms with Gasteiger partial charge in [-0.15, -0.1) is 0 Å². The molecular formula is C6H5NO3. The number of nitrogens with zero attached hydrogens (tertiary/aromatic N) is 1. The molecular weight excluding hydrogens is 134 g/mol. The van der Waals surface area contributed by atoms with Crippen LogP contribution in [0.3, 0.4) is 0 Å². The zero-order chi connectivity index (χ0) is 7.40. The maximum Gasteiger partial charge on any atom is 0.337 e. The molecule has 0 saturated heterocycles. The van der Waals surface area contributed by atoms with Crippen molar-refractivity contribution in [1.29, 1.82) is 5.26 Å². The van der Waals surface area contributed by atoms with E-state index in [4.69, 9.17) is 10.00 Å². The van der Waals surface area contributed by atoms with Crippen LogP contribution in [0, 0.1) is 11.3 Å². The number of allylic oxidation sites excluding steroid dienone is 1. The van der Waals surface area contributed by atoms with Crippen molar-refractivity contribution in [2.45, 2.75) is 6.42 Å². The Balaban J connectivity index is 2.59. The van der Waals surface area contributed by atoms with E-state index in [0.29, 0.717) is 5.76 Å². The lowest BCUT2D eigenvalue weighted by Gasteiger charge is -2.11. The van der Waals surface area contributed by atoms with Crippen molar-refractivity contribution in [2.24, 2.45) is 0 Å². The summed E-state index contributed by atoms with van der Waals surface area (Å²) >= 11 is 0. The minimum absolute atomic E-state index is 0.0770. The summed E-state index contributed by atoms with van der Waals surface area (Å²) in [5, 5.41) is 8.18.